The van der Waals surface area contributed by atoms with Crippen LogP contribution in [0.25, 0.3) is 5.57 Å². The molecule has 0 aromatic carbocycles. The average molecular weight is 464 g/mol. The molecule has 186 valence electrons. The van der Waals surface area contributed by atoms with Crippen LogP contribution in [-0.4, -0.2) is 22.8 Å². The standard InChI is InChI=1S/C30H45N3O/c1-4-5-6-7-8-9-10-11-12-13-14-15-16-18-25-20-21-26(32-25)24(2)30-29(34-3)23-28(33-30)27-19-17-22-31-27/h17,19-23,31-32H,4-16,18H2,1-3H3/b30-24+. The fourth-order valence-corrected chi connectivity index (χ4v) is 4.72. The number of aryl methyl sites for hydroxylation is 1. The number of rotatable bonds is 17. The summed E-state index contributed by atoms with van der Waals surface area (Å²) in [5.74, 6) is 0.815. The Morgan fingerprint density at radius 3 is 2.09 bits per heavy atom. The smallest absolute Gasteiger partial charge is 0.147 e. The summed E-state index contributed by atoms with van der Waals surface area (Å²) in [5.41, 5.74) is 6.38. The summed E-state index contributed by atoms with van der Waals surface area (Å²) >= 11 is 0. The van der Waals surface area contributed by atoms with Crippen molar-refractivity contribution in [3.8, 4) is 0 Å². The molecule has 34 heavy (non-hydrogen) atoms. The Morgan fingerprint density at radius 2 is 1.50 bits per heavy atom. The molecule has 0 spiro atoms. The van der Waals surface area contributed by atoms with Crippen LogP contribution in [0, 0.1) is 0 Å². The van der Waals surface area contributed by atoms with Gasteiger partial charge in [0.1, 0.15) is 11.5 Å². The number of H-pyrrole nitrogens is 2. The zero-order valence-electron chi connectivity index (χ0n) is 21.7. The van der Waals surface area contributed by atoms with Crippen LogP contribution >= 0.6 is 0 Å². The van der Waals surface area contributed by atoms with Crippen LogP contribution in [0.5, 0.6) is 0 Å². The van der Waals surface area contributed by atoms with E-state index in [-0.39, 0.29) is 0 Å². The highest BCUT2D eigenvalue weighted by Gasteiger charge is 2.20. The lowest BCUT2D eigenvalue weighted by atomic mass is 10.0. The van der Waals surface area contributed by atoms with Gasteiger partial charge in [-0.1, -0.05) is 84.0 Å². The number of methoxy groups -OCH3 is 1. The second kappa shape index (κ2) is 14.7. The van der Waals surface area contributed by atoms with Gasteiger partial charge < -0.3 is 14.7 Å². The molecule has 2 aromatic heterocycles. The number of aliphatic imine (C=N–C) groups is 1. The lowest BCUT2D eigenvalue weighted by Crippen LogP contribution is -1.93. The summed E-state index contributed by atoms with van der Waals surface area (Å²) in [6.45, 7) is 4.40. The molecule has 4 heteroatoms. The van der Waals surface area contributed by atoms with E-state index < -0.39 is 0 Å². The predicted molar refractivity (Wildman–Crippen MR) is 145 cm³/mol. The van der Waals surface area contributed by atoms with Gasteiger partial charge in [0, 0.05) is 29.2 Å². The van der Waals surface area contributed by atoms with Crippen molar-refractivity contribution in [2.24, 2.45) is 4.99 Å². The Hall–Kier alpha value is -2.49. The van der Waals surface area contributed by atoms with Crippen LogP contribution in [0.3, 0.4) is 0 Å². The van der Waals surface area contributed by atoms with Gasteiger partial charge in [-0.15, -0.1) is 0 Å². The normalized spacial score (nSPS) is 14.9. The summed E-state index contributed by atoms with van der Waals surface area (Å²) in [7, 11) is 1.71. The van der Waals surface area contributed by atoms with Crippen molar-refractivity contribution in [2.45, 2.75) is 104 Å². The first-order chi connectivity index (χ1) is 16.7. The highest BCUT2D eigenvalue weighted by Crippen LogP contribution is 2.30. The number of ether oxygens (including phenoxy) is 1. The maximum Gasteiger partial charge on any atom is 0.147 e. The van der Waals surface area contributed by atoms with Crippen molar-refractivity contribution < 1.29 is 4.74 Å². The molecule has 0 saturated carbocycles. The molecular formula is C30H45N3O. The van der Waals surface area contributed by atoms with Gasteiger partial charge in [0.2, 0.25) is 0 Å². The summed E-state index contributed by atoms with van der Waals surface area (Å²) in [5, 5.41) is 0. The Balaban J connectivity index is 1.35. The summed E-state index contributed by atoms with van der Waals surface area (Å²) in [6.07, 6.45) is 23.2. The van der Waals surface area contributed by atoms with Crippen molar-refractivity contribution in [3.63, 3.8) is 0 Å². The van der Waals surface area contributed by atoms with Crippen molar-refractivity contribution in [2.75, 3.05) is 7.11 Å². The van der Waals surface area contributed by atoms with E-state index in [1.807, 2.05) is 24.4 Å². The Kier molecular flexibility index (Phi) is 11.3. The second-order valence-electron chi connectivity index (χ2n) is 9.66. The van der Waals surface area contributed by atoms with Gasteiger partial charge in [-0.2, -0.15) is 0 Å². The largest absolute Gasteiger partial charge is 0.494 e. The maximum absolute atomic E-state index is 5.62. The van der Waals surface area contributed by atoms with Gasteiger partial charge in [0.05, 0.1) is 18.5 Å². The molecule has 1 aliphatic rings. The Bertz CT molecular complexity index is 930. The van der Waals surface area contributed by atoms with Crippen LogP contribution in [0.2, 0.25) is 0 Å². The van der Waals surface area contributed by atoms with E-state index in [2.05, 4.69) is 35.9 Å². The van der Waals surface area contributed by atoms with Gasteiger partial charge in [0.25, 0.3) is 0 Å². The number of nitrogens with zero attached hydrogens (tertiary/aromatic N) is 1. The molecule has 0 fully saturated rings. The van der Waals surface area contributed by atoms with E-state index in [0.29, 0.717) is 0 Å². The molecule has 0 atom stereocenters. The molecule has 2 N–H and O–H groups in total. The number of aromatic nitrogens is 2. The molecule has 4 nitrogen and oxygen atoms in total. The summed E-state index contributed by atoms with van der Waals surface area (Å²) in [6, 6.07) is 8.42. The fourth-order valence-electron chi connectivity index (χ4n) is 4.72. The minimum absolute atomic E-state index is 0.815. The average Bonchev–Trinajstić information content (AvgIpc) is 3.62. The summed E-state index contributed by atoms with van der Waals surface area (Å²) in [4.78, 5) is 11.7. The molecule has 0 bridgehead atoms. The third kappa shape index (κ3) is 8.07. The minimum Gasteiger partial charge on any atom is -0.494 e. The molecule has 0 radical (unpaired) electrons. The molecule has 3 rings (SSSR count). The van der Waals surface area contributed by atoms with Gasteiger partial charge in [-0.25, -0.2) is 4.99 Å². The van der Waals surface area contributed by atoms with E-state index in [0.717, 1.165) is 40.5 Å². The van der Waals surface area contributed by atoms with Gasteiger partial charge in [-0.3, -0.25) is 0 Å². The molecule has 2 aromatic rings. The quantitative estimate of drug-likeness (QED) is 0.226. The highest BCUT2D eigenvalue weighted by atomic mass is 16.5. The SMILES string of the molecule is CCCCCCCCCCCCCCCc1ccc(/C(C)=C2/N=C(c3ccc[nH]3)C=C2OC)[nH]1. The third-order valence-corrected chi connectivity index (χ3v) is 6.88. The van der Waals surface area contributed by atoms with Gasteiger partial charge >= 0.3 is 0 Å². The number of hydrogen-bond donors (Lipinski definition) is 2. The molecule has 3 heterocycles. The molecule has 0 saturated heterocycles. The zero-order chi connectivity index (χ0) is 24.0. The molecule has 0 aliphatic carbocycles. The molecule has 1 aliphatic heterocycles. The van der Waals surface area contributed by atoms with Gasteiger partial charge in [0.15, 0.2) is 0 Å². The number of unbranched alkanes of at least 4 members (excludes halogenated alkanes) is 12. The lowest BCUT2D eigenvalue weighted by molar-refractivity contribution is 0.302. The van der Waals surface area contributed by atoms with E-state index in [4.69, 9.17) is 9.73 Å². The van der Waals surface area contributed by atoms with E-state index in [1.165, 1.54) is 89.2 Å². The first kappa shape index (κ1) is 26.1. The lowest BCUT2D eigenvalue weighted by Gasteiger charge is -2.06. The van der Waals surface area contributed by atoms with Crippen LogP contribution in [0.15, 0.2) is 53.0 Å². The van der Waals surface area contributed by atoms with Crippen molar-refractivity contribution in [1.82, 2.24) is 9.97 Å². The monoisotopic (exact) mass is 463 g/mol. The van der Waals surface area contributed by atoms with Crippen LogP contribution in [-0.2, 0) is 11.2 Å². The fraction of sp³-hybridized carbons (Fsp3) is 0.567. The molecule has 0 unspecified atom stereocenters. The van der Waals surface area contributed by atoms with Crippen molar-refractivity contribution in [1.29, 1.82) is 0 Å². The zero-order valence-corrected chi connectivity index (χ0v) is 21.7. The van der Waals surface area contributed by atoms with Crippen LogP contribution in [0.1, 0.15) is 114 Å². The number of hydrogen-bond acceptors (Lipinski definition) is 2. The topological polar surface area (TPSA) is 53.2 Å². The number of allylic oxidation sites excluding steroid dienone is 2. The summed E-state index contributed by atoms with van der Waals surface area (Å²) < 4.78 is 5.62. The minimum atomic E-state index is 0.815. The third-order valence-electron chi connectivity index (χ3n) is 6.88. The number of nitrogens with one attached hydrogen (secondary N) is 2. The number of aromatic amines is 2. The Morgan fingerprint density at radius 1 is 0.853 bits per heavy atom. The molecule has 0 amide bonds. The molecular weight excluding hydrogens is 418 g/mol. The van der Waals surface area contributed by atoms with Crippen molar-refractivity contribution >= 4 is 11.3 Å². The van der Waals surface area contributed by atoms with E-state index >= 15 is 0 Å². The predicted octanol–water partition coefficient (Wildman–Crippen LogP) is 8.74. The van der Waals surface area contributed by atoms with E-state index in [9.17, 15) is 0 Å². The van der Waals surface area contributed by atoms with Gasteiger partial charge in [-0.05, 0) is 44.0 Å². The van der Waals surface area contributed by atoms with Crippen LogP contribution < -0.4 is 0 Å². The first-order valence-electron chi connectivity index (χ1n) is 13.6. The van der Waals surface area contributed by atoms with Crippen LogP contribution in [0.4, 0.5) is 0 Å². The maximum atomic E-state index is 5.62. The second-order valence-corrected chi connectivity index (χ2v) is 9.66. The van der Waals surface area contributed by atoms with E-state index in [1.54, 1.807) is 7.11 Å². The Labute approximate surface area is 207 Å². The van der Waals surface area contributed by atoms with Crippen molar-refractivity contribution in [3.05, 3.63) is 65.1 Å². The highest BCUT2D eigenvalue weighted by molar-refractivity contribution is 6.11. The first-order valence-corrected chi connectivity index (χ1v) is 13.6.